The molecule has 142 valence electrons. The largest absolute Gasteiger partial charge is 0.489 e. The summed E-state index contributed by atoms with van der Waals surface area (Å²) in [5, 5.41) is 5.15. The molecule has 0 atom stereocenters. The van der Waals surface area contributed by atoms with Gasteiger partial charge in [0.25, 0.3) is 0 Å². The quantitative estimate of drug-likeness (QED) is 0.424. The Labute approximate surface area is 173 Å². The predicted octanol–water partition coefficient (Wildman–Crippen LogP) is 5.27. The molecule has 0 bridgehead atoms. The van der Waals surface area contributed by atoms with Gasteiger partial charge >= 0.3 is 0 Å². The molecule has 0 saturated heterocycles. The normalized spacial score (nSPS) is 10.8. The standard InChI is InChI=1S/C22H18Cl2N2O2/c23-19-9-8-18(21(24)13-19)15-28-20-10-6-17(7-11-20)14-25-26-22(27)12-16-4-2-1-3-5-16/h1-11,13-14H,12,15H2,(H,26,27)/b25-14+. The minimum atomic E-state index is -0.165. The number of carbonyl (C=O) groups is 1. The first kappa shape index (κ1) is 19.9. The molecule has 0 spiro atoms. The number of ether oxygens (including phenoxy) is 1. The summed E-state index contributed by atoms with van der Waals surface area (Å²) in [6.45, 7) is 0.346. The van der Waals surface area contributed by atoms with E-state index in [0.29, 0.717) is 22.4 Å². The molecule has 0 saturated carbocycles. The van der Waals surface area contributed by atoms with E-state index in [4.69, 9.17) is 27.9 Å². The first-order valence-electron chi connectivity index (χ1n) is 8.63. The Morgan fingerprint density at radius 3 is 2.46 bits per heavy atom. The van der Waals surface area contributed by atoms with E-state index in [9.17, 15) is 4.79 Å². The number of nitrogens with zero attached hydrogens (tertiary/aromatic N) is 1. The number of rotatable bonds is 7. The fourth-order valence-electron chi connectivity index (χ4n) is 2.45. The van der Waals surface area contributed by atoms with E-state index in [1.165, 1.54) is 0 Å². The van der Waals surface area contributed by atoms with Gasteiger partial charge in [0.05, 0.1) is 12.6 Å². The van der Waals surface area contributed by atoms with Gasteiger partial charge in [-0.2, -0.15) is 5.10 Å². The first-order chi connectivity index (χ1) is 13.6. The molecule has 4 nitrogen and oxygen atoms in total. The Morgan fingerprint density at radius 1 is 1.00 bits per heavy atom. The van der Waals surface area contributed by atoms with Gasteiger partial charge in [-0.15, -0.1) is 0 Å². The summed E-state index contributed by atoms with van der Waals surface area (Å²) in [4.78, 5) is 11.9. The minimum absolute atomic E-state index is 0.165. The Morgan fingerprint density at radius 2 is 1.75 bits per heavy atom. The topological polar surface area (TPSA) is 50.7 Å². The third kappa shape index (κ3) is 6.12. The molecular weight excluding hydrogens is 395 g/mol. The molecule has 0 aliphatic heterocycles. The summed E-state index contributed by atoms with van der Waals surface area (Å²) in [6.07, 6.45) is 1.88. The van der Waals surface area contributed by atoms with Crippen molar-refractivity contribution in [1.29, 1.82) is 0 Å². The van der Waals surface area contributed by atoms with Crippen molar-refractivity contribution in [2.75, 3.05) is 0 Å². The molecule has 1 N–H and O–H groups in total. The number of hydrogen-bond acceptors (Lipinski definition) is 3. The monoisotopic (exact) mass is 412 g/mol. The summed E-state index contributed by atoms with van der Waals surface area (Å²) >= 11 is 12.0. The molecule has 3 aromatic rings. The van der Waals surface area contributed by atoms with Crippen LogP contribution in [0.1, 0.15) is 16.7 Å². The maximum atomic E-state index is 11.9. The lowest BCUT2D eigenvalue weighted by atomic mass is 10.1. The van der Waals surface area contributed by atoms with Gasteiger partial charge in [-0.1, -0.05) is 59.6 Å². The molecule has 6 heteroatoms. The molecule has 3 rings (SSSR count). The number of nitrogens with one attached hydrogen (secondary N) is 1. The Balaban J connectivity index is 1.48. The molecule has 0 fully saturated rings. The average molecular weight is 413 g/mol. The third-order valence-electron chi connectivity index (χ3n) is 3.90. The number of halogens is 2. The van der Waals surface area contributed by atoms with E-state index in [2.05, 4.69) is 10.5 Å². The van der Waals surface area contributed by atoms with Crippen molar-refractivity contribution < 1.29 is 9.53 Å². The molecule has 0 aliphatic rings. The van der Waals surface area contributed by atoms with Crippen LogP contribution in [0.25, 0.3) is 0 Å². The van der Waals surface area contributed by atoms with Gasteiger partial charge < -0.3 is 4.74 Å². The average Bonchev–Trinajstić information content (AvgIpc) is 2.69. The van der Waals surface area contributed by atoms with Crippen LogP contribution in [0.4, 0.5) is 0 Å². The van der Waals surface area contributed by atoms with E-state index in [1.54, 1.807) is 18.3 Å². The number of amides is 1. The molecule has 0 aromatic heterocycles. The summed E-state index contributed by atoms with van der Waals surface area (Å²) in [5.74, 6) is 0.540. The molecule has 28 heavy (non-hydrogen) atoms. The second-order valence-electron chi connectivity index (χ2n) is 6.05. The molecule has 0 radical (unpaired) electrons. The number of carbonyl (C=O) groups excluding carboxylic acids is 1. The molecular formula is C22H18Cl2N2O2. The highest BCUT2D eigenvalue weighted by Gasteiger charge is 2.03. The van der Waals surface area contributed by atoms with Crippen LogP contribution in [0.3, 0.4) is 0 Å². The van der Waals surface area contributed by atoms with E-state index in [-0.39, 0.29) is 12.3 Å². The van der Waals surface area contributed by atoms with Crippen molar-refractivity contribution >= 4 is 35.3 Å². The maximum absolute atomic E-state index is 11.9. The summed E-state index contributed by atoms with van der Waals surface area (Å²) in [5.41, 5.74) is 5.17. The van der Waals surface area contributed by atoms with Gasteiger partial charge in [0.1, 0.15) is 12.4 Å². The fraction of sp³-hybridized carbons (Fsp3) is 0.0909. The van der Waals surface area contributed by atoms with E-state index in [0.717, 1.165) is 16.7 Å². The predicted molar refractivity (Wildman–Crippen MR) is 113 cm³/mol. The minimum Gasteiger partial charge on any atom is -0.489 e. The van der Waals surface area contributed by atoms with Crippen LogP contribution in [0.15, 0.2) is 77.9 Å². The lowest BCUT2D eigenvalue weighted by molar-refractivity contribution is -0.120. The van der Waals surface area contributed by atoms with Gasteiger partial charge in [-0.25, -0.2) is 5.43 Å². The number of benzene rings is 3. The zero-order valence-corrected chi connectivity index (χ0v) is 16.5. The highest BCUT2D eigenvalue weighted by molar-refractivity contribution is 6.35. The molecule has 0 unspecified atom stereocenters. The smallest absolute Gasteiger partial charge is 0.244 e. The van der Waals surface area contributed by atoms with Crippen LogP contribution < -0.4 is 10.2 Å². The van der Waals surface area contributed by atoms with Crippen LogP contribution in [-0.4, -0.2) is 12.1 Å². The third-order valence-corrected chi connectivity index (χ3v) is 4.49. The van der Waals surface area contributed by atoms with Crippen molar-refractivity contribution in [2.24, 2.45) is 5.10 Å². The van der Waals surface area contributed by atoms with Gasteiger partial charge in [0.15, 0.2) is 0 Å². The zero-order chi connectivity index (χ0) is 19.8. The first-order valence-corrected chi connectivity index (χ1v) is 9.38. The van der Waals surface area contributed by atoms with E-state index < -0.39 is 0 Å². The number of hydrogen-bond donors (Lipinski definition) is 1. The van der Waals surface area contributed by atoms with Gasteiger partial charge in [0, 0.05) is 15.6 Å². The second-order valence-corrected chi connectivity index (χ2v) is 6.89. The molecule has 1 amide bonds. The maximum Gasteiger partial charge on any atom is 0.244 e. The van der Waals surface area contributed by atoms with Crippen LogP contribution in [0.5, 0.6) is 5.75 Å². The van der Waals surface area contributed by atoms with Crippen LogP contribution in [0.2, 0.25) is 10.0 Å². The lowest BCUT2D eigenvalue weighted by Crippen LogP contribution is -2.19. The highest BCUT2D eigenvalue weighted by Crippen LogP contribution is 2.22. The van der Waals surface area contributed by atoms with Gasteiger partial charge in [-0.05, 0) is 47.5 Å². The Hall–Kier alpha value is -2.82. The van der Waals surface area contributed by atoms with Crippen LogP contribution in [-0.2, 0) is 17.8 Å². The highest BCUT2D eigenvalue weighted by atomic mass is 35.5. The fourth-order valence-corrected chi connectivity index (χ4v) is 2.91. The van der Waals surface area contributed by atoms with E-state index >= 15 is 0 Å². The zero-order valence-electron chi connectivity index (χ0n) is 14.9. The Kier molecular flexibility index (Phi) is 7.06. The molecule has 0 heterocycles. The van der Waals surface area contributed by atoms with Crippen molar-refractivity contribution in [2.45, 2.75) is 13.0 Å². The van der Waals surface area contributed by atoms with Gasteiger partial charge in [-0.3, -0.25) is 4.79 Å². The molecule has 0 aliphatic carbocycles. The number of hydrazone groups is 1. The second kappa shape index (κ2) is 9.93. The van der Waals surface area contributed by atoms with Crippen molar-refractivity contribution in [3.63, 3.8) is 0 Å². The van der Waals surface area contributed by atoms with Crippen molar-refractivity contribution in [3.8, 4) is 5.75 Å². The van der Waals surface area contributed by atoms with Crippen molar-refractivity contribution in [3.05, 3.63) is 99.5 Å². The van der Waals surface area contributed by atoms with E-state index in [1.807, 2.05) is 60.7 Å². The summed E-state index contributed by atoms with van der Waals surface area (Å²) in [7, 11) is 0. The van der Waals surface area contributed by atoms with Crippen LogP contribution in [0, 0.1) is 0 Å². The summed E-state index contributed by atoms with van der Waals surface area (Å²) in [6, 6.07) is 22.2. The Bertz CT molecular complexity index is 958. The molecule has 3 aromatic carbocycles. The summed E-state index contributed by atoms with van der Waals surface area (Å²) < 4.78 is 5.74. The SMILES string of the molecule is O=C(Cc1ccccc1)N/N=C/c1ccc(OCc2ccc(Cl)cc2Cl)cc1. The van der Waals surface area contributed by atoms with Crippen LogP contribution >= 0.6 is 23.2 Å². The van der Waals surface area contributed by atoms with Crippen molar-refractivity contribution in [1.82, 2.24) is 5.43 Å². The van der Waals surface area contributed by atoms with Gasteiger partial charge in [0.2, 0.25) is 5.91 Å². The lowest BCUT2D eigenvalue weighted by Gasteiger charge is -2.08.